The van der Waals surface area contributed by atoms with E-state index in [2.05, 4.69) is 38.3 Å². The number of hydrogen-bond donors (Lipinski definition) is 3. The van der Waals surface area contributed by atoms with Crippen LogP contribution in [0, 0.1) is 10.8 Å². The maximum Gasteiger partial charge on any atom is 0.308 e. The molecule has 11 heteroatoms. The molecule has 2 unspecified atom stereocenters. The van der Waals surface area contributed by atoms with Gasteiger partial charge in [0.25, 0.3) is 0 Å². The van der Waals surface area contributed by atoms with Crippen molar-refractivity contribution in [1.82, 2.24) is 0 Å². The molecule has 0 spiro atoms. The van der Waals surface area contributed by atoms with Gasteiger partial charge in [0.2, 0.25) is 11.8 Å². The summed E-state index contributed by atoms with van der Waals surface area (Å²) in [7, 11) is 0. The van der Waals surface area contributed by atoms with E-state index in [4.69, 9.17) is 4.74 Å². The zero-order valence-corrected chi connectivity index (χ0v) is 34.5. The van der Waals surface area contributed by atoms with Gasteiger partial charge in [0.15, 0.2) is 11.6 Å². The summed E-state index contributed by atoms with van der Waals surface area (Å²) in [5.74, 6) is -0.0461. The number of ketones is 2. The quantitative estimate of drug-likeness (QED) is 0.136. The summed E-state index contributed by atoms with van der Waals surface area (Å²) in [5.41, 5.74) is 7.32. The Kier molecular flexibility index (Phi) is 10.8. The number of nitrogens with one attached hydrogen (secondary N) is 2. The number of rotatable bonds is 3. The zero-order valence-electron chi connectivity index (χ0n) is 34.5. The van der Waals surface area contributed by atoms with Crippen LogP contribution in [0.5, 0.6) is 11.5 Å². The molecule has 3 N–H and O–H groups in total. The third-order valence-corrected chi connectivity index (χ3v) is 11.1. The number of esters is 1. The Labute approximate surface area is 344 Å². The number of allylic oxidation sites excluding steroid dienone is 2. The van der Waals surface area contributed by atoms with Gasteiger partial charge < -0.3 is 20.5 Å². The van der Waals surface area contributed by atoms with Crippen molar-refractivity contribution in [2.24, 2.45) is 10.8 Å². The number of carbonyl (C=O) groups is 5. The molecule has 4 aromatic rings. The first kappa shape index (κ1) is 40.7. The second-order valence-corrected chi connectivity index (χ2v) is 17.3. The molecule has 2 aliphatic heterocycles. The van der Waals surface area contributed by atoms with Gasteiger partial charge in [0.05, 0.1) is 34.8 Å². The summed E-state index contributed by atoms with van der Waals surface area (Å²) in [6, 6.07) is 27.9. The number of phenols is 1. The molecule has 0 fully saturated rings. The summed E-state index contributed by atoms with van der Waals surface area (Å²) in [6.07, 6.45) is 2.28. The van der Waals surface area contributed by atoms with E-state index in [0.717, 1.165) is 51.7 Å². The molecule has 0 saturated carbocycles. The van der Waals surface area contributed by atoms with Crippen LogP contribution >= 0.6 is 0 Å². The number of fused-ring (bicyclic) bond motifs is 2. The maximum atomic E-state index is 13.4. The lowest BCUT2D eigenvalue weighted by Crippen LogP contribution is -2.38. The fourth-order valence-electron chi connectivity index (χ4n) is 8.84. The predicted octanol–water partition coefficient (Wildman–Crippen LogP) is 9.33. The third-order valence-electron chi connectivity index (χ3n) is 11.1. The van der Waals surface area contributed by atoms with Gasteiger partial charge in [-0.2, -0.15) is 0 Å². The van der Waals surface area contributed by atoms with Crippen LogP contribution in [0.3, 0.4) is 0 Å². The number of aromatic hydroxyl groups is 1. The van der Waals surface area contributed by atoms with Gasteiger partial charge in [-0.05, 0) is 83.3 Å². The highest BCUT2D eigenvalue weighted by Gasteiger charge is 2.44. The Morgan fingerprint density at radius 1 is 0.593 bits per heavy atom. The number of carbonyl (C=O) groups excluding carboxylic acids is 5. The van der Waals surface area contributed by atoms with Gasteiger partial charge in [-0.15, -0.1) is 0 Å². The van der Waals surface area contributed by atoms with E-state index in [9.17, 15) is 29.1 Å². The molecule has 2 heterocycles. The minimum Gasteiger partial charge on any atom is -0.508 e. The largest absolute Gasteiger partial charge is 0.508 e. The standard InChI is InChI=1S/C25H26N2O4.C23H24N2O3/c1-15(28)27-21-8-6-5-7-19(21)26-20-13-25(3,4)14-22(30)23(20)24(27)17-9-11-18(12-10-17)31-16(2)29;1-14(26)25-19-7-5-4-6-17(19)24-18-12-23(2,3)13-20(28)21(18)22(25)15-8-10-16(27)11-9-15/h5-12,24,26H,13-14H2,1-4H3;4-11,22,24,27H,12-13H2,1-3H3. The van der Waals surface area contributed by atoms with Gasteiger partial charge in [-0.3, -0.25) is 33.8 Å². The maximum absolute atomic E-state index is 13.4. The predicted molar refractivity (Wildman–Crippen MR) is 228 cm³/mol. The first-order chi connectivity index (χ1) is 27.9. The van der Waals surface area contributed by atoms with E-state index in [1.54, 1.807) is 46.2 Å². The van der Waals surface area contributed by atoms with E-state index < -0.39 is 18.1 Å². The highest BCUT2D eigenvalue weighted by molar-refractivity contribution is 6.07. The summed E-state index contributed by atoms with van der Waals surface area (Å²) in [4.78, 5) is 67.0. The fourth-order valence-corrected chi connectivity index (χ4v) is 8.84. The van der Waals surface area contributed by atoms with Crippen LogP contribution in [0.1, 0.15) is 97.4 Å². The fraction of sp³-hybridized carbons (Fsp3) is 0.312. The van der Waals surface area contributed by atoms with Crippen molar-refractivity contribution in [3.8, 4) is 11.5 Å². The molecule has 0 bridgehead atoms. The first-order valence-electron chi connectivity index (χ1n) is 19.8. The van der Waals surface area contributed by atoms with E-state index in [1.165, 1.54) is 20.8 Å². The topological polar surface area (TPSA) is 145 Å². The first-order valence-corrected chi connectivity index (χ1v) is 19.8. The van der Waals surface area contributed by atoms with Crippen LogP contribution in [0.25, 0.3) is 0 Å². The molecule has 4 aliphatic rings. The molecule has 4 aromatic carbocycles. The summed E-state index contributed by atoms with van der Waals surface area (Å²) >= 11 is 0. The molecular formula is C48H50N4O7. The van der Waals surface area contributed by atoms with Crippen LogP contribution in [-0.2, 0) is 24.0 Å². The third kappa shape index (κ3) is 8.28. The molecule has 304 valence electrons. The lowest BCUT2D eigenvalue weighted by Gasteiger charge is -2.36. The van der Waals surface area contributed by atoms with E-state index in [-0.39, 0.29) is 40.0 Å². The summed E-state index contributed by atoms with van der Waals surface area (Å²) in [6.45, 7) is 12.7. The van der Waals surface area contributed by atoms with E-state index in [0.29, 0.717) is 36.2 Å². The second-order valence-electron chi connectivity index (χ2n) is 17.3. The number of amides is 2. The molecule has 0 saturated heterocycles. The van der Waals surface area contributed by atoms with Crippen LogP contribution in [0.2, 0.25) is 0 Å². The lowest BCUT2D eigenvalue weighted by atomic mass is 9.73. The molecule has 59 heavy (non-hydrogen) atoms. The van der Waals surface area contributed by atoms with Crippen LogP contribution in [-0.4, -0.2) is 34.5 Å². The van der Waals surface area contributed by atoms with Crippen molar-refractivity contribution < 1.29 is 33.8 Å². The monoisotopic (exact) mass is 794 g/mol. The van der Waals surface area contributed by atoms with Gasteiger partial charge in [0, 0.05) is 56.2 Å². The molecular weight excluding hydrogens is 745 g/mol. The average Bonchev–Trinajstić information content (AvgIpc) is 3.39. The Morgan fingerprint density at radius 3 is 1.37 bits per heavy atom. The van der Waals surface area contributed by atoms with Gasteiger partial charge in [0.1, 0.15) is 11.5 Å². The highest BCUT2D eigenvalue weighted by Crippen LogP contribution is 2.50. The van der Waals surface area contributed by atoms with Gasteiger partial charge >= 0.3 is 5.97 Å². The molecule has 0 aromatic heterocycles. The number of Topliss-reactive ketones (excluding diaryl/α,β-unsaturated/α-hetero) is 2. The lowest BCUT2D eigenvalue weighted by molar-refractivity contribution is -0.132. The highest BCUT2D eigenvalue weighted by atomic mass is 16.5. The number of benzene rings is 4. The van der Waals surface area contributed by atoms with Crippen molar-refractivity contribution in [3.63, 3.8) is 0 Å². The number of anilines is 4. The minimum atomic E-state index is -0.571. The summed E-state index contributed by atoms with van der Waals surface area (Å²) in [5, 5.41) is 16.6. The molecule has 2 aliphatic carbocycles. The van der Waals surface area contributed by atoms with Crippen molar-refractivity contribution >= 4 is 52.1 Å². The van der Waals surface area contributed by atoms with Gasteiger partial charge in [-0.1, -0.05) is 76.2 Å². The van der Waals surface area contributed by atoms with Crippen molar-refractivity contribution in [3.05, 3.63) is 131 Å². The normalized spacial score (nSPS) is 20.2. The average molecular weight is 795 g/mol. The Balaban J connectivity index is 0.000000180. The molecule has 2 atom stereocenters. The zero-order chi connectivity index (χ0) is 42.4. The van der Waals surface area contributed by atoms with Crippen LogP contribution in [0.15, 0.2) is 120 Å². The smallest absolute Gasteiger partial charge is 0.308 e. The molecule has 11 nitrogen and oxygen atoms in total. The van der Waals surface area contributed by atoms with Crippen molar-refractivity contribution in [2.75, 3.05) is 20.4 Å². The minimum absolute atomic E-state index is 0.0341. The SMILES string of the molecule is CC(=O)N1c2ccccc2NC2=C(C(=O)CC(C)(C)C2)C1c1ccc(O)cc1.CC(=O)Oc1ccc(C2C3=C(CC(C)(C)CC3=O)Nc3ccccc3N2C(C)=O)cc1. The van der Waals surface area contributed by atoms with Crippen LogP contribution < -0.4 is 25.2 Å². The number of para-hydroxylation sites is 4. The number of ether oxygens (including phenoxy) is 1. The molecule has 2 amide bonds. The molecule has 0 radical (unpaired) electrons. The van der Waals surface area contributed by atoms with Crippen LogP contribution in [0.4, 0.5) is 22.7 Å². The Bertz CT molecular complexity index is 2430. The number of phenolic OH excluding ortho intramolecular Hbond substituents is 1. The van der Waals surface area contributed by atoms with E-state index >= 15 is 0 Å². The summed E-state index contributed by atoms with van der Waals surface area (Å²) < 4.78 is 5.16. The second kappa shape index (κ2) is 15.7. The Hall–Kier alpha value is -6.49. The Morgan fingerprint density at radius 2 is 0.983 bits per heavy atom. The van der Waals surface area contributed by atoms with Gasteiger partial charge in [-0.25, -0.2) is 0 Å². The van der Waals surface area contributed by atoms with E-state index in [1.807, 2.05) is 60.7 Å². The van der Waals surface area contributed by atoms with Crippen molar-refractivity contribution in [1.29, 1.82) is 0 Å². The van der Waals surface area contributed by atoms with Crippen molar-refractivity contribution in [2.45, 2.75) is 86.2 Å². The molecule has 8 rings (SSSR count). The number of nitrogens with zero attached hydrogens (tertiary/aromatic N) is 2. The number of hydrogen-bond acceptors (Lipinski definition) is 9.